The summed E-state index contributed by atoms with van der Waals surface area (Å²) in [6.45, 7) is 1.57. The SMILES string of the molecule is C#COC(=O)CCCCC(=O)OC#CC. The molecule has 0 N–H and O–H groups in total. The van der Waals surface area contributed by atoms with Gasteiger partial charge in [0.1, 0.15) is 12.2 Å². The molecule has 4 nitrogen and oxygen atoms in total. The topological polar surface area (TPSA) is 52.6 Å². The van der Waals surface area contributed by atoms with Gasteiger partial charge in [0.2, 0.25) is 0 Å². The average Bonchev–Trinajstić information content (AvgIpc) is 2.22. The third kappa shape index (κ3) is 8.39. The first-order valence-corrected chi connectivity index (χ1v) is 4.47. The van der Waals surface area contributed by atoms with E-state index in [1.807, 2.05) is 0 Å². The van der Waals surface area contributed by atoms with E-state index in [-0.39, 0.29) is 12.8 Å². The minimum atomic E-state index is -0.459. The molecule has 0 aliphatic rings. The van der Waals surface area contributed by atoms with Crippen molar-refractivity contribution >= 4 is 11.9 Å². The highest BCUT2D eigenvalue weighted by Gasteiger charge is 2.04. The van der Waals surface area contributed by atoms with Crippen LogP contribution in [-0.2, 0) is 19.1 Å². The van der Waals surface area contributed by atoms with Gasteiger partial charge < -0.3 is 9.47 Å². The third-order valence-corrected chi connectivity index (χ3v) is 1.45. The fourth-order valence-corrected chi connectivity index (χ4v) is 0.814. The van der Waals surface area contributed by atoms with E-state index in [2.05, 4.69) is 21.5 Å². The molecule has 0 atom stereocenters. The Morgan fingerprint density at radius 1 is 1.13 bits per heavy atom. The molecule has 0 saturated heterocycles. The highest BCUT2D eigenvalue weighted by atomic mass is 16.5. The van der Waals surface area contributed by atoms with Gasteiger partial charge in [0.25, 0.3) is 0 Å². The first-order valence-electron chi connectivity index (χ1n) is 4.47. The lowest BCUT2D eigenvalue weighted by molar-refractivity contribution is -0.139. The molecule has 0 amide bonds. The number of hydrogen-bond acceptors (Lipinski definition) is 4. The van der Waals surface area contributed by atoms with Crippen LogP contribution in [0, 0.1) is 24.6 Å². The number of carbonyl (C=O) groups is 2. The number of terminal acetylenes is 1. The maximum absolute atomic E-state index is 10.9. The first kappa shape index (κ1) is 13.1. The number of rotatable bonds is 5. The largest absolute Gasteiger partial charge is 0.372 e. The maximum atomic E-state index is 10.9. The molecule has 0 saturated carbocycles. The standard InChI is InChI=1S/C11H12O4/c1-3-9-15-11(13)8-6-5-7-10(12)14-4-2/h2H,5-8H2,1H3. The molecule has 0 spiro atoms. The van der Waals surface area contributed by atoms with Crippen LogP contribution in [0.15, 0.2) is 0 Å². The quantitative estimate of drug-likeness (QED) is 0.387. The zero-order chi connectivity index (χ0) is 11.5. The molecule has 0 fully saturated rings. The van der Waals surface area contributed by atoms with Gasteiger partial charge in [0, 0.05) is 19.8 Å². The zero-order valence-corrected chi connectivity index (χ0v) is 8.54. The number of esters is 2. The van der Waals surface area contributed by atoms with Crippen LogP contribution in [0.1, 0.15) is 32.6 Å². The highest BCUT2D eigenvalue weighted by Crippen LogP contribution is 2.02. The Morgan fingerprint density at radius 3 is 2.13 bits per heavy atom. The Kier molecular flexibility index (Phi) is 7.53. The van der Waals surface area contributed by atoms with Crippen LogP contribution < -0.4 is 0 Å². The number of unbranched alkanes of at least 4 members (excludes halogenated alkanes) is 1. The molecule has 0 aromatic heterocycles. The van der Waals surface area contributed by atoms with Gasteiger partial charge in [-0.05, 0) is 12.8 Å². The van der Waals surface area contributed by atoms with Gasteiger partial charge in [0.15, 0.2) is 0 Å². The molecule has 0 aliphatic heterocycles. The highest BCUT2D eigenvalue weighted by molar-refractivity contribution is 5.71. The first-order chi connectivity index (χ1) is 7.20. The summed E-state index contributed by atoms with van der Waals surface area (Å²) < 4.78 is 8.76. The van der Waals surface area contributed by atoms with E-state index in [9.17, 15) is 9.59 Å². The molecule has 0 unspecified atom stereocenters. The van der Waals surface area contributed by atoms with Gasteiger partial charge in [-0.25, -0.2) is 0 Å². The predicted molar refractivity (Wildman–Crippen MR) is 52.9 cm³/mol. The van der Waals surface area contributed by atoms with Gasteiger partial charge in [-0.1, -0.05) is 12.3 Å². The summed E-state index contributed by atoms with van der Waals surface area (Å²) in [5, 5.41) is 0. The van der Waals surface area contributed by atoms with E-state index < -0.39 is 11.9 Å². The Balaban J connectivity index is 3.45. The van der Waals surface area contributed by atoms with E-state index in [1.54, 1.807) is 13.0 Å². The van der Waals surface area contributed by atoms with Crippen molar-refractivity contribution in [3.8, 4) is 24.6 Å². The lowest BCUT2D eigenvalue weighted by atomic mass is 10.2. The summed E-state index contributed by atoms with van der Waals surface area (Å²) >= 11 is 0. The van der Waals surface area contributed by atoms with Crippen LogP contribution >= 0.6 is 0 Å². The molecule has 0 heterocycles. The third-order valence-electron chi connectivity index (χ3n) is 1.45. The fourth-order valence-electron chi connectivity index (χ4n) is 0.814. The lowest BCUT2D eigenvalue weighted by Crippen LogP contribution is -2.02. The molecule has 0 aliphatic carbocycles. The van der Waals surface area contributed by atoms with E-state index in [0.717, 1.165) is 0 Å². The van der Waals surface area contributed by atoms with E-state index in [1.165, 1.54) is 0 Å². The minimum Gasteiger partial charge on any atom is -0.372 e. The molecule has 15 heavy (non-hydrogen) atoms. The van der Waals surface area contributed by atoms with E-state index in [0.29, 0.717) is 12.8 Å². The summed E-state index contributed by atoms with van der Waals surface area (Å²) in [5.74, 6) is 1.58. The minimum absolute atomic E-state index is 0.205. The van der Waals surface area contributed by atoms with Crippen molar-refractivity contribution in [3.05, 3.63) is 0 Å². The van der Waals surface area contributed by atoms with Crippen molar-refractivity contribution < 1.29 is 19.1 Å². The summed E-state index contributed by atoms with van der Waals surface area (Å²) in [6, 6.07) is 0. The fraction of sp³-hybridized carbons (Fsp3) is 0.455. The van der Waals surface area contributed by atoms with E-state index >= 15 is 0 Å². The van der Waals surface area contributed by atoms with Gasteiger partial charge in [-0.3, -0.25) is 9.59 Å². The molecular formula is C11H12O4. The Labute approximate surface area is 88.9 Å². The van der Waals surface area contributed by atoms with Crippen LogP contribution in [0.3, 0.4) is 0 Å². The maximum Gasteiger partial charge on any atom is 0.319 e. The van der Waals surface area contributed by atoms with Crippen molar-refractivity contribution in [2.24, 2.45) is 0 Å². The van der Waals surface area contributed by atoms with Gasteiger partial charge >= 0.3 is 11.9 Å². The second-order valence-electron chi connectivity index (χ2n) is 2.63. The Hall–Kier alpha value is -1.94. The Morgan fingerprint density at radius 2 is 1.67 bits per heavy atom. The smallest absolute Gasteiger partial charge is 0.319 e. The monoisotopic (exact) mass is 208 g/mol. The molecule has 0 radical (unpaired) electrons. The average molecular weight is 208 g/mol. The molecule has 0 aromatic carbocycles. The van der Waals surface area contributed by atoms with Crippen LogP contribution in [0.2, 0.25) is 0 Å². The number of carbonyl (C=O) groups excluding carboxylic acids is 2. The molecule has 4 heteroatoms. The van der Waals surface area contributed by atoms with E-state index in [4.69, 9.17) is 6.42 Å². The summed E-state index contributed by atoms with van der Waals surface area (Å²) in [6.07, 6.45) is 10.3. The molecular weight excluding hydrogens is 196 g/mol. The normalized spacial score (nSPS) is 8.00. The predicted octanol–water partition coefficient (Wildman–Crippen LogP) is 1.20. The van der Waals surface area contributed by atoms with Crippen LogP contribution in [0.4, 0.5) is 0 Å². The number of hydrogen-bond donors (Lipinski definition) is 0. The van der Waals surface area contributed by atoms with Gasteiger partial charge in [-0.2, -0.15) is 0 Å². The molecule has 0 bridgehead atoms. The summed E-state index contributed by atoms with van der Waals surface area (Å²) in [7, 11) is 0. The lowest BCUT2D eigenvalue weighted by Gasteiger charge is -1.97. The van der Waals surface area contributed by atoms with Crippen molar-refractivity contribution in [3.63, 3.8) is 0 Å². The van der Waals surface area contributed by atoms with Crippen molar-refractivity contribution in [1.82, 2.24) is 0 Å². The molecule has 0 rings (SSSR count). The Bertz CT molecular complexity index is 314. The zero-order valence-electron chi connectivity index (χ0n) is 8.54. The second kappa shape index (κ2) is 8.65. The van der Waals surface area contributed by atoms with Crippen LogP contribution in [-0.4, -0.2) is 11.9 Å². The summed E-state index contributed by atoms with van der Waals surface area (Å²) in [5.41, 5.74) is 0. The van der Waals surface area contributed by atoms with Gasteiger partial charge in [0.05, 0.1) is 0 Å². The summed E-state index contributed by atoms with van der Waals surface area (Å²) in [4.78, 5) is 21.7. The van der Waals surface area contributed by atoms with Crippen LogP contribution in [0.5, 0.6) is 0 Å². The van der Waals surface area contributed by atoms with Crippen molar-refractivity contribution in [1.29, 1.82) is 0 Å². The molecule has 80 valence electrons. The van der Waals surface area contributed by atoms with Gasteiger partial charge in [-0.15, -0.1) is 0 Å². The van der Waals surface area contributed by atoms with Crippen molar-refractivity contribution in [2.45, 2.75) is 32.6 Å². The van der Waals surface area contributed by atoms with Crippen LogP contribution in [0.25, 0.3) is 0 Å². The van der Waals surface area contributed by atoms with Crippen molar-refractivity contribution in [2.75, 3.05) is 0 Å². The molecule has 0 aromatic rings. The number of ether oxygens (including phenoxy) is 2. The second-order valence-corrected chi connectivity index (χ2v) is 2.63.